The minimum atomic E-state index is -3.44. The van der Waals surface area contributed by atoms with Gasteiger partial charge >= 0.3 is 0 Å². The summed E-state index contributed by atoms with van der Waals surface area (Å²) in [6, 6.07) is 18.4. The lowest BCUT2D eigenvalue weighted by Gasteiger charge is -2.24. The van der Waals surface area contributed by atoms with Crippen molar-refractivity contribution in [2.75, 3.05) is 24.2 Å². The highest BCUT2D eigenvalue weighted by Crippen LogP contribution is 2.33. The van der Waals surface area contributed by atoms with Gasteiger partial charge in [-0.25, -0.2) is 13.4 Å². The zero-order chi connectivity index (χ0) is 20.8. The Labute approximate surface area is 176 Å². The third-order valence-electron chi connectivity index (χ3n) is 4.98. The molecule has 0 aliphatic carbocycles. The molecule has 0 bridgehead atoms. The monoisotopic (exact) mass is 424 g/mol. The van der Waals surface area contributed by atoms with Gasteiger partial charge in [0.25, 0.3) is 0 Å². The highest BCUT2D eigenvalue weighted by molar-refractivity contribution is 7.89. The Kier molecular flexibility index (Phi) is 6.25. The molecule has 1 atom stereocenters. The minimum Gasteiger partial charge on any atom is -0.492 e. The first-order valence-electron chi connectivity index (χ1n) is 9.93. The summed E-state index contributed by atoms with van der Waals surface area (Å²) in [5.74, 6) is 1.34. The summed E-state index contributed by atoms with van der Waals surface area (Å²) in [6.45, 7) is 0.629. The number of benzene rings is 1. The van der Waals surface area contributed by atoms with Crippen LogP contribution in [0.2, 0.25) is 0 Å². The summed E-state index contributed by atoms with van der Waals surface area (Å²) < 4.78 is 33.0. The van der Waals surface area contributed by atoms with Crippen LogP contribution >= 0.6 is 0 Å². The first kappa shape index (κ1) is 20.3. The van der Waals surface area contributed by atoms with Crippen molar-refractivity contribution in [2.24, 2.45) is 0 Å². The van der Waals surface area contributed by atoms with Gasteiger partial charge in [-0.05, 0) is 49.2 Å². The van der Waals surface area contributed by atoms with Gasteiger partial charge in [0, 0.05) is 12.7 Å². The van der Waals surface area contributed by atoms with E-state index >= 15 is 0 Å². The van der Waals surface area contributed by atoms with Gasteiger partial charge in [-0.2, -0.15) is 4.31 Å². The van der Waals surface area contributed by atoms with Crippen LogP contribution in [0.3, 0.4) is 0 Å². The molecule has 3 aromatic rings. The van der Waals surface area contributed by atoms with Crippen LogP contribution in [0.5, 0.6) is 5.75 Å². The van der Waals surface area contributed by atoms with Gasteiger partial charge in [0.15, 0.2) is 0 Å². The second-order valence-electron chi connectivity index (χ2n) is 7.06. The van der Waals surface area contributed by atoms with Gasteiger partial charge in [0.05, 0.1) is 29.4 Å². The lowest BCUT2D eigenvalue weighted by molar-refractivity contribution is 0.331. The minimum absolute atomic E-state index is 0.0578. The van der Waals surface area contributed by atoms with E-state index in [9.17, 15) is 8.42 Å². The second kappa shape index (κ2) is 9.23. The van der Waals surface area contributed by atoms with Crippen LogP contribution in [0.15, 0.2) is 73.1 Å². The Bertz CT molecular complexity index is 1040. The number of nitrogens with one attached hydrogen (secondary N) is 1. The van der Waals surface area contributed by atoms with Crippen molar-refractivity contribution >= 4 is 21.5 Å². The fourth-order valence-electron chi connectivity index (χ4n) is 3.53. The first-order chi connectivity index (χ1) is 14.6. The van der Waals surface area contributed by atoms with Crippen LogP contribution in [-0.2, 0) is 10.0 Å². The number of nitrogens with zero attached hydrogens (tertiary/aromatic N) is 3. The molecule has 1 aliphatic rings. The van der Waals surface area contributed by atoms with Crippen LogP contribution in [0.4, 0.5) is 11.5 Å². The van der Waals surface area contributed by atoms with Crippen LogP contribution in [0.1, 0.15) is 24.6 Å². The van der Waals surface area contributed by atoms with Gasteiger partial charge in [-0.1, -0.05) is 24.3 Å². The lowest BCUT2D eigenvalue weighted by Crippen LogP contribution is -2.34. The molecule has 8 heteroatoms. The number of aromatic nitrogens is 2. The number of hydrogen-bond acceptors (Lipinski definition) is 6. The van der Waals surface area contributed by atoms with Crippen molar-refractivity contribution in [3.05, 3.63) is 78.8 Å². The van der Waals surface area contributed by atoms with E-state index < -0.39 is 10.0 Å². The topological polar surface area (TPSA) is 84.4 Å². The molecular formula is C22H24N4O3S. The molecule has 0 saturated carbocycles. The SMILES string of the molecule is O=S(=O)(CCOc1ccccc1)N1CCCC1c1ccc(Nc2ccccn2)cn1. The van der Waals surface area contributed by atoms with Crippen LogP contribution in [0.25, 0.3) is 0 Å². The molecule has 0 spiro atoms. The molecule has 0 amide bonds. The van der Waals surface area contributed by atoms with Gasteiger partial charge in [-0.3, -0.25) is 4.98 Å². The Morgan fingerprint density at radius 1 is 1.03 bits per heavy atom. The van der Waals surface area contributed by atoms with Crippen LogP contribution in [-0.4, -0.2) is 41.6 Å². The largest absolute Gasteiger partial charge is 0.492 e. The predicted octanol–water partition coefficient (Wildman–Crippen LogP) is 3.77. The summed E-state index contributed by atoms with van der Waals surface area (Å²) in [4.78, 5) is 8.75. The van der Waals surface area contributed by atoms with Crippen molar-refractivity contribution in [1.29, 1.82) is 0 Å². The smallest absolute Gasteiger partial charge is 0.218 e. The molecule has 1 N–H and O–H groups in total. The Morgan fingerprint density at radius 3 is 2.60 bits per heavy atom. The lowest BCUT2D eigenvalue weighted by atomic mass is 10.1. The second-order valence-corrected chi connectivity index (χ2v) is 9.10. The molecular weight excluding hydrogens is 400 g/mol. The summed E-state index contributed by atoms with van der Waals surface area (Å²) in [5.41, 5.74) is 1.56. The molecule has 0 radical (unpaired) electrons. The number of rotatable bonds is 8. The standard InChI is InChI=1S/C22H24N4O3S/c27-30(28,16-15-29-19-7-2-1-3-8-19)26-14-6-9-21(26)20-12-11-18(17-24-20)25-22-10-4-5-13-23-22/h1-5,7-8,10-13,17,21H,6,9,14-16H2,(H,23,25). The van der Waals surface area contributed by atoms with Crippen LogP contribution in [0, 0.1) is 0 Å². The summed E-state index contributed by atoms with van der Waals surface area (Å²) in [7, 11) is -3.44. The molecule has 156 valence electrons. The van der Waals surface area contributed by atoms with Crippen molar-refractivity contribution in [1.82, 2.24) is 14.3 Å². The third-order valence-corrected chi connectivity index (χ3v) is 6.81. The molecule has 7 nitrogen and oxygen atoms in total. The summed E-state index contributed by atoms with van der Waals surface area (Å²) in [6.07, 6.45) is 5.01. The summed E-state index contributed by atoms with van der Waals surface area (Å²) in [5, 5.41) is 3.18. The third kappa shape index (κ3) is 4.95. The molecule has 2 aromatic heterocycles. The van der Waals surface area contributed by atoms with Crippen molar-refractivity contribution < 1.29 is 13.2 Å². The predicted molar refractivity (Wildman–Crippen MR) is 116 cm³/mol. The van der Waals surface area contributed by atoms with Crippen molar-refractivity contribution in [3.63, 3.8) is 0 Å². The maximum atomic E-state index is 12.9. The highest BCUT2D eigenvalue weighted by atomic mass is 32.2. The Balaban J connectivity index is 1.39. The van der Waals surface area contributed by atoms with Gasteiger partial charge < -0.3 is 10.1 Å². The number of pyridine rings is 2. The fraction of sp³-hybridized carbons (Fsp3) is 0.273. The van der Waals surface area contributed by atoms with E-state index in [1.165, 1.54) is 0 Å². The molecule has 3 heterocycles. The zero-order valence-corrected chi connectivity index (χ0v) is 17.3. The molecule has 1 fully saturated rings. The van der Waals surface area contributed by atoms with Crippen LogP contribution < -0.4 is 10.1 Å². The van der Waals surface area contributed by atoms with E-state index in [0.717, 1.165) is 30.0 Å². The number of para-hydroxylation sites is 1. The normalized spacial score (nSPS) is 17.0. The molecule has 1 saturated heterocycles. The van der Waals surface area contributed by atoms with E-state index in [0.29, 0.717) is 12.3 Å². The molecule has 1 aromatic carbocycles. The number of ether oxygens (including phenoxy) is 1. The Hall–Kier alpha value is -2.97. The molecule has 1 unspecified atom stereocenters. The Morgan fingerprint density at radius 2 is 1.87 bits per heavy atom. The average Bonchev–Trinajstić information content (AvgIpc) is 3.27. The van der Waals surface area contributed by atoms with E-state index in [-0.39, 0.29) is 18.4 Å². The molecule has 30 heavy (non-hydrogen) atoms. The zero-order valence-electron chi connectivity index (χ0n) is 16.5. The maximum absolute atomic E-state index is 12.9. The number of hydrogen-bond donors (Lipinski definition) is 1. The number of anilines is 2. The van der Waals surface area contributed by atoms with Gasteiger partial charge in [0.2, 0.25) is 10.0 Å². The van der Waals surface area contributed by atoms with E-state index in [1.807, 2.05) is 60.7 Å². The number of sulfonamides is 1. The highest BCUT2D eigenvalue weighted by Gasteiger charge is 2.35. The summed E-state index contributed by atoms with van der Waals surface area (Å²) >= 11 is 0. The average molecular weight is 425 g/mol. The van der Waals surface area contributed by atoms with Gasteiger partial charge in [0.1, 0.15) is 18.2 Å². The van der Waals surface area contributed by atoms with Crippen molar-refractivity contribution in [2.45, 2.75) is 18.9 Å². The van der Waals surface area contributed by atoms with E-state index in [1.54, 1.807) is 16.7 Å². The maximum Gasteiger partial charge on any atom is 0.218 e. The van der Waals surface area contributed by atoms with Gasteiger partial charge in [-0.15, -0.1) is 0 Å². The molecule has 1 aliphatic heterocycles. The van der Waals surface area contributed by atoms with Crippen molar-refractivity contribution in [3.8, 4) is 5.75 Å². The first-order valence-corrected chi connectivity index (χ1v) is 11.5. The quantitative estimate of drug-likeness (QED) is 0.593. The van der Waals surface area contributed by atoms with E-state index in [2.05, 4.69) is 15.3 Å². The fourth-order valence-corrected chi connectivity index (χ4v) is 5.07. The molecule has 4 rings (SSSR count). The van der Waals surface area contributed by atoms with E-state index in [4.69, 9.17) is 4.74 Å².